The van der Waals surface area contributed by atoms with E-state index in [2.05, 4.69) is 17.1 Å². The van der Waals surface area contributed by atoms with Gasteiger partial charge in [0.15, 0.2) is 0 Å². The van der Waals surface area contributed by atoms with E-state index in [1.54, 1.807) is 0 Å². The van der Waals surface area contributed by atoms with Crippen molar-refractivity contribution in [3.8, 4) is 45.3 Å². The second-order valence-corrected chi connectivity index (χ2v) is 6.79. The molecule has 1 heterocycles. The van der Waals surface area contributed by atoms with Crippen molar-refractivity contribution in [3.05, 3.63) is 101 Å². The summed E-state index contributed by atoms with van der Waals surface area (Å²) in [6.45, 7) is 2.40. The van der Waals surface area contributed by atoms with Crippen LogP contribution in [0.4, 0.5) is 0 Å². The van der Waals surface area contributed by atoms with Crippen LogP contribution in [0.25, 0.3) is 33.5 Å². The third-order valence-electron chi connectivity index (χ3n) is 4.93. The Kier molecular flexibility index (Phi) is 5.45. The smallest absolute Gasteiger partial charge is 0.266 e. The highest BCUT2D eigenvalue weighted by molar-refractivity contribution is 5.79. The number of rotatable bonds is 5. The highest BCUT2D eigenvalue weighted by atomic mass is 16.5. The second-order valence-electron chi connectivity index (χ2n) is 6.79. The number of H-pyrrole nitrogens is 1. The Morgan fingerprint density at radius 2 is 1.47 bits per heavy atom. The molecule has 1 aromatic heterocycles. The molecule has 0 amide bonds. The number of aromatic amines is 1. The van der Waals surface area contributed by atoms with Crippen LogP contribution in [0.3, 0.4) is 0 Å². The van der Waals surface area contributed by atoms with Crippen molar-refractivity contribution >= 4 is 0 Å². The summed E-state index contributed by atoms with van der Waals surface area (Å²) in [7, 11) is 0. The van der Waals surface area contributed by atoms with Gasteiger partial charge in [-0.3, -0.25) is 4.79 Å². The highest BCUT2D eigenvalue weighted by Gasteiger charge is 2.16. The number of ether oxygens (including phenoxy) is 1. The van der Waals surface area contributed by atoms with Gasteiger partial charge in [0, 0.05) is 16.8 Å². The van der Waals surface area contributed by atoms with E-state index >= 15 is 0 Å². The maximum atomic E-state index is 12.7. The van der Waals surface area contributed by atoms with E-state index in [0.717, 1.165) is 22.3 Å². The molecule has 0 unspecified atom stereocenters. The van der Waals surface area contributed by atoms with E-state index in [1.165, 1.54) is 0 Å². The van der Waals surface area contributed by atoms with Gasteiger partial charge < -0.3 is 9.72 Å². The minimum absolute atomic E-state index is 0.0757. The van der Waals surface area contributed by atoms with Crippen molar-refractivity contribution < 1.29 is 4.74 Å². The summed E-state index contributed by atoms with van der Waals surface area (Å²) in [6, 6.07) is 29.4. The monoisotopic (exact) mass is 392 g/mol. The molecule has 0 radical (unpaired) electrons. The Morgan fingerprint density at radius 1 is 0.833 bits per heavy atom. The van der Waals surface area contributed by atoms with Crippen molar-refractivity contribution in [2.75, 3.05) is 6.61 Å². The largest absolute Gasteiger partial charge is 0.493 e. The lowest BCUT2D eigenvalue weighted by molar-refractivity contribution is 0.341. The van der Waals surface area contributed by atoms with E-state index < -0.39 is 5.56 Å². The molecule has 0 aliphatic heterocycles. The van der Waals surface area contributed by atoms with Crippen LogP contribution < -0.4 is 10.3 Å². The average molecular weight is 392 g/mol. The number of para-hydroxylation sites is 1. The van der Waals surface area contributed by atoms with Crippen molar-refractivity contribution in [2.45, 2.75) is 6.92 Å². The SMILES string of the molecule is CCOc1ccccc1-c1cc(-c2ccc(-c3ccccc3)cc2)[nH]c(=O)c1C#N. The van der Waals surface area contributed by atoms with E-state index in [9.17, 15) is 10.1 Å². The highest BCUT2D eigenvalue weighted by Crippen LogP contribution is 2.33. The molecule has 0 bridgehead atoms. The molecule has 0 aliphatic rings. The van der Waals surface area contributed by atoms with E-state index in [4.69, 9.17) is 4.74 Å². The van der Waals surface area contributed by atoms with Gasteiger partial charge in [-0.1, -0.05) is 72.8 Å². The molecule has 0 fully saturated rings. The summed E-state index contributed by atoms with van der Waals surface area (Å²) in [4.78, 5) is 15.5. The predicted octanol–water partition coefficient (Wildman–Crippen LogP) is 5.65. The first-order valence-electron chi connectivity index (χ1n) is 9.76. The summed E-state index contributed by atoms with van der Waals surface area (Å²) in [5.41, 5.74) is 4.69. The fourth-order valence-corrected chi connectivity index (χ4v) is 3.48. The van der Waals surface area contributed by atoms with Gasteiger partial charge in [-0.05, 0) is 35.7 Å². The summed E-state index contributed by atoms with van der Waals surface area (Å²) in [5, 5.41) is 9.59. The van der Waals surface area contributed by atoms with Crippen LogP contribution in [0.5, 0.6) is 5.75 Å². The molecule has 0 aliphatic carbocycles. The summed E-state index contributed by atoms with van der Waals surface area (Å²) in [6.07, 6.45) is 0. The van der Waals surface area contributed by atoms with Crippen LogP contribution in [0.1, 0.15) is 12.5 Å². The van der Waals surface area contributed by atoms with Gasteiger partial charge in [0.05, 0.1) is 6.61 Å². The van der Waals surface area contributed by atoms with Gasteiger partial charge >= 0.3 is 0 Å². The number of nitrogens with zero attached hydrogens (tertiary/aromatic N) is 1. The number of benzene rings is 3. The Hall–Kier alpha value is -4.10. The summed E-state index contributed by atoms with van der Waals surface area (Å²) < 4.78 is 5.72. The van der Waals surface area contributed by atoms with E-state index in [0.29, 0.717) is 23.6 Å². The van der Waals surface area contributed by atoms with Crippen molar-refractivity contribution in [3.63, 3.8) is 0 Å². The van der Waals surface area contributed by atoms with Crippen LogP contribution in [0.2, 0.25) is 0 Å². The second kappa shape index (κ2) is 8.50. The van der Waals surface area contributed by atoms with Gasteiger partial charge in [0.1, 0.15) is 17.4 Å². The first kappa shape index (κ1) is 19.2. The Balaban J connectivity index is 1.82. The normalized spacial score (nSPS) is 10.4. The van der Waals surface area contributed by atoms with Gasteiger partial charge in [-0.15, -0.1) is 0 Å². The number of pyridine rings is 1. The number of nitrogens with one attached hydrogen (secondary N) is 1. The molecule has 0 atom stereocenters. The standard InChI is InChI=1S/C26H20N2O2/c1-2-30-25-11-7-6-10-21(25)22-16-24(28-26(29)23(22)17-27)20-14-12-19(13-15-20)18-8-4-3-5-9-18/h3-16H,2H2,1H3,(H,28,29). The fourth-order valence-electron chi connectivity index (χ4n) is 3.48. The van der Waals surface area contributed by atoms with Crippen LogP contribution in [0, 0.1) is 11.3 Å². The van der Waals surface area contributed by atoms with Crippen molar-refractivity contribution in [1.82, 2.24) is 4.98 Å². The molecule has 1 N–H and O–H groups in total. The quantitative estimate of drug-likeness (QED) is 0.477. The van der Waals surface area contributed by atoms with Crippen LogP contribution in [-0.2, 0) is 0 Å². The van der Waals surface area contributed by atoms with Gasteiger partial charge in [0.2, 0.25) is 0 Å². The van der Waals surface area contributed by atoms with E-state index in [-0.39, 0.29) is 5.56 Å². The Bertz CT molecular complexity index is 1270. The minimum atomic E-state index is -0.413. The number of hydrogen-bond donors (Lipinski definition) is 1. The number of hydrogen-bond acceptors (Lipinski definition) is 3. The van der Waals surface area contributed by atoms with Crippen LogP contribution in [0.15, 0.2) is 89.7 Å². The molecule has 4 nitrogen and oxygen atoms in total. The minimum Gasteiger partial charge on any atom is -0.493 e. The predicted molar refractivity (Wildman–Crippen MR) is 119 cm³/mol. The summed E-state index contributed by atoms with van der Waals surface area (Å²) >= 11 is 0. The Morgan fingerprint density at radius 3 is 2.17 bits per heavy atom. The maximum absolute atomic E-state index is 12.7. The topological polar surface area (TPSA) is 65.9 Å². The lowest BCUT2D eigenvalue weighted by Gasteiger charge is -2.13. The molecular weight excluding hydrogens is 372 g/mol. The molecule has 4 rings (SSSR count). The zero-order valence-corrected chi connectivity index (χ0v) is 16.6. The zero-order valence-electron chi connectivity index (χ0n) is 16.6. The third kappa shape index (κ3) is 3.74. The van der Waals surface area contributed by atoms with Gasteiger partial charge in [-0.2, -0.15) is 5.26 Å². The molecule has 4 aromatic rings. The molecule has 0 saturated carbocycles. The summed E-state index contributed by atoms with van der Waals surface area (Å²) in [5.74, 6) is 0.646. The fraction of sp³-hybridized carbons (Fsp3) is 0.0769. The van der Waals surface area contributed by atoms with Crippen molar-refractivity contribution in [2.24, 2.45) is 0 Å². The molecule has 3 aromatic carbocycles. The number of nitriles is 1. The molecule has 146 valence electrons. The van der Waals surface area contributed by atoms with Crippen LogP contribution in [-0.4, -0.2) is 11.6 Å². The molecule has 4 heteroatoms. The molecule has 0 spiro atoms. The van der Waals surface area contributed by atoms with Gasteiger partial charge in [0.25, 0.3) is 5.56 Å². The zero-order chi connectivity index (χ0) is 20.9. The maximum Gasteiger partial charge on any atom is 0.266 e. The third-order valence-corrected chi connectivity index (χ3v) is 4.93. The molecule has 30 heavy (non-hydrogen) atoms. The first-order chi connectivity index (χ1) is 14.7. The van der Waals surface area contributed by atoms with Crippen LogP contribution >= 0.6 is 0 Å². The first-order valence-corrected chi connectivity index (χ1v) is 9.76. The van der Waals surface area contributed by atoms with Crippen molar-refractivity contribution in [1.29, 1.82) is 5.26 Å². The van der Waals surface area contributed by atoms with Gasteiger partial charge in [-0.25, -0.2) is 0 Å². The Labute approximate surface area is 175 Å². The average Bonchev–Trinajstić information content (AvgIpc) is 2.80. The molecule has 0 saturated heterocycles. The lowest BCUT2D eigenvalue weighted by Crippen LogP contribution is -2.13. The molecular formula is C26H20N2O2. The lowest BCUT2D eigenvalue weighted by atomic mass is 9.97. The van der Waals surface area contributed by atoms with E-state index in [1.807, 2.05) is 85.8 Å². The number of aromatic nitrogens is 1.